The van der Waals surface area contributed by atoms with Crippen LogP contribution in [0.15, 0.2) is 11.3 Å². The third-order valence-electron chi connectivity index (χ3n) is 15.3. The van der Waals surface area contributed by atoms with Crippen molar-refractivity contribution in [3.8, 4) is 0 Å². The molecule has 7 rings (SSSR count). The zero-order chi connectivity index (χ0) is 34.3. The number of esters is 1. The first kappa shape index (κ1) is 34.2. The highest BCUT2D eigenvalue weighted by Crippen LogP contribution is 2.89. The zero-order valence-electron chi connectivity index (χ0n) is 29.5. The van der Waals surface area contributed by atoms with E-state index in [0.717, 1.165) is 44.9 Å². The summed E-state index contributed by atoms with van der Waals surface area (Å²) in [5.74, 6) is 1.00. The maximum atomic E-state index is 12.5. The lowest BCUT2D eigenvalue weighted by Crippen LogP contribution is -2.61. The molecule has 0 amide bonds. The summed E-state index contributed by atoms with van der Waals surface area (Å²) in [5.41, 5.74) is -0.669. The van der Waals surface area contributed by atoms with Gasteiger partial charge in [-0.25, -0.2) is 0 Å². The third kappa shape index (κ3) is 4.43. The fourth-order valence-corrected chi connectivity index (χ4v) is 13.0. The van der Waals surface area contributed by atoms with Gasteiger partial charge in [0.25, 0.3) is 0 Å². The second-order valence-corrected chi connectivity index (χ2v) is 18.2. The van der Waals surface area contributed by atoms with E-state index in [1.54, 1.807) is 13.8 Å². The van der Waals surface area contributed by atoms with E-state index in [1.165, 1.54) is 12.5 Å². The Bertz CT molecular complexity index is 1320. The van der Waals surface area contributed by atoms with E-state index >= 15 is 0 Å². The zero-order valence-corrected chi connectivity index (χ0v) is 29.5. The van der Waals surface area contributed by atoms with Crippen molar-refractivity contribution in [2.45, 2.75) is 161 Å². The molecule has 0 radical (unpaired) electrons. The Balaban J connectivity index is 1.15. The minimum Gasteiger partial charge on any atom is -0.488 e. The average Bonchev–Trinajstić information content (AvgIpc) is 3.61. The van der Waals surface area contributed by atoms with Crippen LogP contribution in [0.5, 0.6) is 0 Å². The number of hydrogen-bond acceptors (Lipinski definition) is 10. The van der Waals surface area contributed by atoms with Crippen LogP contribution < -0.4 is 0 Å². The molecule has 266 valence electrons. The van der Waals surface area contributed by atoms with E-state index in [2.05, 4.69) is 34.6 Å². The van der Waals surface area contributed by atoms with Gasteiger partial charge in [-0.05, 0) is 105 Å². The molecule has 10 nitrogen and oxygen atoms in total. The van der Waals surface area contributed by atoms with E-state index in [1.807, 2.05) is 0 Å². The van der Waals surface area contributed by atoms with Crippen LogP contribution in [0.2, 0.25) is 0 Å². The molecule has 2 aliphatic heterocycles. The second kappa shape index (κ2) is 10.6. The Kier molecular flexibility index (Phi) is 7.73. The summed E-state index contributed by atoms with van der Waals surface area (Å²) in [7, 11) is 0. The monoisotopic (exact) mass is 662 g/mol. The molecule has 4 saturated carbocycles. The molecule has 2 heterocycles. The highest BCUT2D eigenvalue weighted by Gasteiger charge is 2.83. The standard InChI is InChI=1S/C37H58O10/c1-18-15-21(30(33(5,6)43)45-19(2)38)46-28-25(18)34(7)13-14-37-17-36(37)12-11-24(47-31-27(41)26(40)20(39)16-44-31)32(3,4)22(36)9-10-23(37)35(34,8)29(28)42/h18,20-24,26-27,29-31,39-43H,9-17H2,1-8H3/t18-,20-,21-,22+,23+,24+,26+,27-,29+,30-,31+,34-,35-,36-,37?/m1/s1. The summed E-state index contributed by atoms with van der Waals surface area (Å²) in [4.78, 5) is 12.0. The quantitative estimate of drug-likeness (QED) is 0.218. The molecule has 7 aliphatic rings. The number of carbonyl (C=O) groups excluding carboxylic acids is 1. The van der Waals surface area contributed by atoms with Crippen LogP contribution >= 0.6 is 0 Å². The molecular weight excluding hydrogens is 604 g/mol. The number of fused-ring (bicyclic) bond motifs is 3. The topological polar surface area (TPSA) is 155 Å². The van der Waals surface area contributed by atoms with Crippen LogP contribution in [0.3, 0.4) is 0 Å². The van der Waals surface area contributed by atoms with Crippen molar-refractivity contribution >= 4 is 5.97 Å². The van der Waals surface area contributed by atoms with Crippen molar-refractivity contribution < 1.29 is 49.3 Å². The molecule has 0 aromatic carbocycles. The first-order chi connectivity index (χ1) is 21.8. The lowest BCUT2D eigenvalue weighted by Gasteiger charge is -2.63. The SMILES string of the molecule is CC(=O)O[C@H]([C@H]1C[C@@H](C)C2=C(O1)[C@H](O)[C@@]1(C)[C@@H]3CC[C@H]4C(C)(C)[C@@H](O[C@@H]5OC[C@@H](O)[C@H](O)[C@H]5O)CC[C@@]45CC35CC[C@]21C)C(C)(C)O. The van der Waals surface area contributed by atoms with Crippen molar-refractivity contribution in [1.82, 2.24) is 0 Å². The second-order valence-electron chi connectivity index (χ2n) is 18.2. The van der Waals surface area contributed by atoms with Crippen LogP contribution in [0, 0.1) is 44.8 Å². The summed E-state index contributed by atoms with van der Waals surface area (Å²) in [6.07, 6.45) is 0.627. The highest BCUT2D eigenvalue weighted by molar-refractivity contribution is 5.66. The molecule has 10 heteroatoms. The first-order valence-electron chi connectivity index (χ1n) is 18.1. The lowest BCUT2D eigenvalue weighted by atomic mass is 9.41. The summed E-state index contributed by atoms with van der Waals surface area (Å²) in [5, 5.41) is 54.3. The Labute approximate surface area is 279 Å². The molecule has 5 fully saturated rings. The van der Waals surface area contributed by atoms with Crippen LogP contribution in [-0.2, 0) is 23.7 Å². The molecular formula is C37H58O10. The first-order valence-corrected chi connectivity index (χ1v) is 18.1. The van der Waals surface area contributed by atoms with Crippen molar-refractivity contribution in [3.05, 3.63) is 11.3 Å². The third-order valence-corrected chi connectivity index (χ3v) is 15.3. The number of ether oxygens (including phenoxy) is 4. The molecule has 2 spiro atoms. The lowest BCUT2D eigenvalue weighted by molar-refractivity contribution is -0.303. The van der Waals surface area contributed by atoms with Gasteiger partial charge in [-0.3, -0.25) is 4.79 Å². The van der Waals surface area contributed by atoms with Gasteiger partial charge >= 0.3 is 5.97 Å². The maximum Gasteiger partial charge on any atom is 0.303 e. The van der Waals surface area contributed by atoms with Crippen molar-refractivity contribution in [2.75, 3.05) is 6.61 Å². The largest absolute Gasteiger partial charge is 0.488 e. The molecule has 0 bridgehead atoms. The smallest absolute Gasteiger partial charge is 0.303 e. The van der Waals surface area contributed by atoms with Crippen LogP contribution in [0.25, 0.3) is 0 Å². The van der Waals surface area contributed by atoms with E-state index in [-0.39, 0.29) is 40.3 Å². The van der Waals surface area contributed by atoms with Gasteiger partial charge in [-0.2, -0.15) is 0 Å². The number of allylic oxidation sites excluding steroid dienone is 1. The van der Waals surface area contributed by atoms with Crippen LogP contribution in [-0.4, -0.2) is 92.7 Å². The minimum absolute atomic E-state index is 0.0723. The van der Waals surface area contributed by atoms with Crippen molar-refractivity contribution in [2.24, 2.45) is 44.8 Å². The minimum atomic E-state index is -1.31. The highest BCUT2D eigenvalue weighted by atomic mass is 16.7. The summed E-state index contributed by atoms with van der Waals surface area (Å²) in [6, 6.07) is 0. The average molecular weight is 663 g/mol. The predicted molar refractivity (Wildman–Crippen MR) is 170 cm³/mol. The maximum absolute atomic E-state index is 12.5. The number of aliphatic hydroxyl groups is 5. The van der Waals surface area contributed by atoms with Gasteiger partial charge in [0.05, 0.1) is 18.3 Å². The normalized spacial score (nSPS) is 52.2. The predicted octanol–water partition coefficient (Wildman–Crippen LogP) is 3.60. The van der Waals surface area contributed by atoms with Gasteiger partial charge in [-0.15, -0.1) is 0 Å². The summed E-state index contributed by atoms with van der Waals surface area (Å²) < 4.78 is 24.4. The van der Waals surface area contributed by atoms with Gasteiger partial charge in [0.1, 0.15) is 36.3 Å². The Morgan fingerprint density at radius 3 is 2.28 bits per heavy atom. The van der Waals surface area contributed by atoms with E-state index in [4.69, 9.17) is 18.9 Å². The molecule has 5 N–H and O–H groups in total. The van der Waals surface area contributed by atoms with Gasteiger partial charge < -0.3 is 44.5 Å². The van der Waals surface area contributed by atoms with Crippen LogP contribution in [0.4, 0.5) is 0 Å². The van der Waals surface area contributed by atoms with Gasteiger partial charge in [0, 0.05) is 17.8 Å². The molecule has 15 atom stereocenters. The summed E-state index contributed by atoms with van der Waals surface area (Å²) >= 11 is 0. The van der Waals surface area contributed by atoms with E-state index in [9.17, 15) is 30.3 Å². The molecule has 1 unspecified atom stereocenters. The molecule has 0 aromatic rings. The Morgan fingerprint density at radius 2 is 1.62 bits per heavy atom. The van der Waals surface area contributed by atoms with Gasteiger partial charge in [-0.1, -0.05) is 34.6 Å². The number of carbonyl (C=O) groups is 1. The van der Waals surface area contributed by atoms with Gasteiger partial charge in [0.15, 0.2) is 12.4 Å². The summed E-state index contributed by atoms with van der Waals surface area (Å²) in [6.45, 7) is 16.0. The number of hydrogen-bond donors (Lipinski definition) is 5. The van der Waals surface area contributed by atoms with Crippen molar-refractivity contribution in [3.63, 3.8) is 0 Å². The fourth-order valence-electron chi connectivity index (χ4n) is 13.0. The van der Waals surface area contributed by atoms with Gasteiger partial charge in [0.2, 0.25) is 0 Å². The fraction of sp³-hybridized carbons (Fsp3) is 0.919. The Morgan fingerprint density at radius 1 is 0.957 bits per heavy atom. The molecule has 1 saturated heterocycles. The van der Waals surface area contributed by atoms with Crippen molar-refractivity contribution in [1.29, 1.82) is 0 Å². The Hall–Kier alpha value is -1.27. The molecule has 5 aliphatic carbocycles. The van der Waals surface area contributed by atoms with E-state index in [0.29, 0.717) is 24.0 Å². The molecule has 47 heavy (non-hydrogen) atoms. The van der Waals surface area contributed by atoms with E-state index < -0.39 is 59.9 Å². The number of aliphatic hydroxyl groups excluding tert-OH is 4. The van der Waals surface area contributed by atoms with Crippen LogP contribution in [0.1, 0.15) is 107 Å². The number of rotatable bonds is 5. The molecule has 0 aromatic heterocycles.